The van der Waals surface area contributed by atoms with Crippen LogP contribution in [0.3, 0.4) is 0 Å². The van der Waals surface area contributed by atoms with Crippen LogP contribution in [0.2, 0.25) is 0 Å². The number of hydrogen-bond donors (Lipinski definition) is 3. The Morgan fingerprint density at radius 1 is 1.02 bits per heavy atom. The summed E-state index contributed by atoms with van der Waals surface area (Å²) in [6.07, 6.45) is 1.17. The van der Waals surface area contributed by atoms with Gasteiger partial charge < -0.3 is 31.1 Å². The van der Waals surface area contributed by atoms with Gasteiger partial charge in [0.1, 0.15) is 12.1 Å². The van der Waals surface area contributed by atoms with Crippen LogP contribution < -0.4 is 16.4 Å². The number of likely N-dealkylation sites (N-methyl/N-ethyl adjacent to an activating group) is 2. The molecule has 4 unspecified atom stereocenters. The fourth-order valence-electron chi connectivity index (χ4n) is 6.02. The largest absolute Gasteiger partial charge is 0.368 e. The van der Waals surface area contributed by atoms with E-state index >= 15 is 0 Å². The Morgan fingerprint density at radius 2 is 1.61 bits per heavy atom. The topological polar surface area (TPSA) is 145 Å². The van der Waals surface area contributed by atoms with Crippen LogP contribution in [0.25, 0.3) is 0 Å². The molecular weight excluding hydrogens is 560 g/mol. The molecule has 4 N–H and O–H groups in total. The number of carbonyl (C=O) groups excluding carboxylic acids is 5. The molecule has 1 heterocycles. The first kappa shape index (κ1) is 36.7. The molecule has 1 saturated heterocycles. The molecule has 5 amide bonds. The third-order valence-corrected chi connectivity index (χ3v) is 8.89. The number of benzene rings is 1. The summed E-state index contributed by atoms with van der Waals surface area (Å²) in [4.78, 5) is 70.1. The summed E-state index contributed by atoms with van der Waals surface area (Å²) in [5.74, 6) is -1.89. The molecule has 1 aromatic carbocycles. The van der Waals surface area contributed by atoms with Crippen molar-refractivity contribution in [1.82, 2.24) is 25.3 Å². The minimum atomic E-state index is -0.864. The molecule has 246 valence electrons. The number of hydrogen-bond acceptors (Lipinski definition) is 6. The number of carbonyl (C=O) groups is 5. The SMILES string of the molecule is CNC(C(=O)NC(C(=O)N(C)C(CN(CC(=O)N1CCCC1C(N)=O)C(C)=O)C(C)C)C(C)(C)C)C(C)(C)c1ccccc1. The predicted octanol–water partition coefficient (Wildman–Crippen LogP) is 1.89. The number of nitrogens with zero attached hydrogens (tertiary/aromatic N) is 3. The summed E-state index contributed by atoms with van der Waals surface area (Å²) >= 11 is 0. The lowest BCUT2D eigenvalue weighted by atomic mass is 9.76. The number of primary amides is 1. The van der Waals surface area contributed by atoms with Crippen molar-refractivity contribution in [2.24, 2.45) is 17.1 Å². The van der Waals surface area contributed by atoms with Crippen LogP contribution in [0.5, 0.6) is 0 Å². The Bertz CT molecular complexity index is 1180. The fraction of sp³-hybridized carbons (Fsp3) is 0.667. The van der Waals surface area contributed by atoms with E-state index in [2.05, 4.69) is 10.6 Å². The third-order valence-electron chi connectivity index (χ3n) is 8.89. The van der Waals surface area contributed by atoms with Crippen molar-refractivity contribution in [2.45, 2.75) is 97.8 Å². The van der Waals surface area contributed by atoms with E-state index in [0.717, 1.165) is 5.56 Å². The monoisotopic (exact) mass is 614 g/mol. The maximum atomic E-state index is 14.2. The molecule has 0 radical (unpaired) electrons. The molecule has 1 aliphatic heterocycles. The summed E-state index contributed by atoms with van der Waals surface area (Å²) < 4.78 is 0. The van der Waals surface area contributed by atoms with Gasteiger partial charge in [0.2, 0.25) is 29.5 Å². The van der Waals surface area contributed by atoms with Gasteiger partial charge in [0.25, 0.3) is 0 Å². The molecule has 1 aromatic rings. The molecule has 2 rings (SSSR count). The summed E-state index contributed by atoms with van der Waals surface area (Å²) in [6, 6.07) is 7.14. The van der Waals surface area contributed by atoms with Crippen molar-refractivity contribution >= 4 is 29.5 Å². The van der Waals surface area contributed by atoms with Crippen molar-refractivity contribution < 1.29 is 24.0 Å². The molecule has 11 nitrogen and oxygen atoms in total. The van der Waals surface area contributed by atoms with Crippen LogP contribution in [0, 0.1) is 11.3 Å². The highest BCUT2D eigenvalue weighted by Crippen LogP contribution is 2.29. The Labute approximate surface area is 263 Å². The highest BCUT2D eigenvalue weighted by molar-refractivity contribution is 5.92. The summed E-state index contributed by atoms with van der Waals surface area (Å²) in [5.41, 5.74) is 5.28. The lowest BCUT2D eigenvalue weighted by molar-refractivity contribution is -0.145. The molecule has 4 atom stereocenters. The van der Waals surface area contributed by atoms with Crippen molar-refractivity contribution in [3.8, 4) is 0 Å². The van der Waals surface area contributed by atoms with Crippen molar-refractivity contribution in [3.05, 3.63) is 35.9 Å². The minimum absolute atomic E-state index is 0.0792. The number of nitrogens with one attached hydrogen (secondary N) is 2. The van der Waals surface area contributed by atoms with E-state index in [1.54, 1.807) is 19.0 Å². The molecule has 0 spiro atoms. The second-order valence-electron chi connectivity index (χ2n) is 13.9. The van der Waals surface area contributed by atoms with Gasteiger partial charge in [0.15, 0.2) is 0 Å². The van der Waals surface area contributed by atoms with Crippen LogP contribution in [0.15, 0.2) is 30.3 Å². The van der Waals surface area contributed by atoms with E-state index in [1.165, 1.54) is 16.7 Å². The van der Waals surface area contributed by atoms with Crippen LogP contribution in [-0.4, -0.2) is 102 Å². The van der Waals surface area contributed by atoms with E-state index in [4.69, 9.17) is 5.73 Å². The van der Waals surface area contributed by atoms with E-state index < -0.39 is 40.9 Å². The van der Waals surface area contributed by atoms with Gasteiger partial charge in [0.05, 0.1) is 18.6 Å². The molecule has 11 heteroatoms. The van der Waals surface area contributed by atoms with Crippen molar-refractivity contribution in [1.29, 1.82) is 0 Å². The minimum Gasteiger partial charge on any atom is -0.368 e. The third kappa shape index (κ3) is 8.80. The molecule has 0 saturated carbocycles. The highest BCUT2D eigenvalue weighted by atomic mass is 16.2. The Balaban J connectivity index is 2.29. The predicted molar refractivity (Wildman–Crippen MR) is 171 cm³/mol. The van der Waals surface area contributed by atoms with Gasteiger partial charge in [-0.1, -0.05) is 78.8 Å². The molecule has 0 aliphatic carbocycles. The van der Waals surface area contributed by atoms with Crippen LogP contribution >= 0.6 is 0 Å². The van der Waals surface area contributed by atoms with Gasteiger partial charge in [-0.25, -0.2) is 0 Å². The fourth-order valence-corrected chi connectivity index (χ4v) is 6.02. The Hall–Kier alpha value is -3.47. The molecule has 1 fully saturated rings. The van der Waals surface area contributed by atoms with Gasteiger partial charge in [0, 0.05) is 32.5 Å². The van der Waals surface area contributed by atoms with Gasteiger partial charge in [-0.2, -0.15) is 0 Å². The Morgan fingerprint density at radius 3 is 2.09 bits per heavy atom. The van der Waals surface area contributed by atoms with E-state index in [-0.39, 0.29) is 42.6 Å². The van der Waals surface area contributed by atoms with Crippen molar-refractivity contribution in [2.75, 3.05) is 33.7 Å². The number of amides is 5. The average molecular weight is 615 g/mol. The standard InChI is InChI=1S/C33H54N6O5/c1-21(2)25(19-38(22(3)40)20-26(41)39-18-14-17-24(39)29(34)42)37(10)31(44)28(32(4,5)6)36-30(43)27(35-9)33(7,8)23-15-12-11-13-16-23/h11-13,15-16,21,24-25,27-28,35H,14,17-20H2,1-10H3,(H2,34,42)(H,36,43). The first-order chi connectivity index (χ1) is 20.3. The van der Waals surface area contributed by atoms with E-state index in [1.807, 2.05) is 78.8 Å². The summed E-state index contributed by atoms with van der Waals surface area (Å²) in [6.45, 7) is 15.3. The van der Waals surface area contributed by atoms with Gasteiger partial charge >= 0.3 is 0 Å². The van der Waals surface area contributed by atoms with E-state index in [0.29, 0.717) is 19.4 Å². The van der Waals surface area contributed by atoms with Gasteiger partial charge in [-0.05, 0) is 36.8 Å². The molecule has 44 heavy (non-hydrogen) atoms. The van der Waals surface area contributed by atoms with E-state index in [9.17, 15) is 24.0 Å². The molecule has 1 aliphatic rings. The van der Waals surface area contributed by atoms with Crippen molar-refractivity contribution in [3.63, 3.8) is 0 Å². The first-order valence-electron chi connectivity index (χ1n) is 15.5. The second kappa shape index (κ2) is 15.0. The number of likely N-dealkylation sites (tertiary alicyclic amines) is 1. The van der Waals surface area contributed by atoms with Gasteiger partial charge in [-0.15, -0.1) is 0 Å². The van der Waals surface area contributed by atoms with Gasteiger partial charge in [-0.3, -0.25) is 24.0 Å². The first-order valence-corrected chi connectivity index (χ1v) is 15.5. The lowest BCUT2D eigenvalue weighted by Crippen LogP contribution is -2.62. The number of rotatable bonds is 13. The lowest BCUT2D eigenvalue weighted by Gasteiger charge is -2.41. The molecular formula is C33H54N6O5. The smallest absolute Gasteiger partial charge is 0.245 e. The summed E-state index contributed by atoms with van der Waals surface area (Å²) in [5, 5.41) is 6.19. The van der Waals surface area contributed by atoms with Crippen LogP contribution in [0.1, 0.15) is 73.8 Å². The Kier molecular flexibility index (Phi) is 12.5. The zero-order valence-electron chi connectivity index (χ0n) is 28.3. The second-order valence-corrected chi connectivity index (χ2v) is 13.9. The highest BCUT2D eigenvalue weighted by Gasteiger charge is 2.42. The quantitative estimate of drug-likeness (QED) is 0.310. The maximum Gasteiger partial charge on any atom is 0.245 e. The maximum absolute atomic E-state index is 14.2. The summed E-state index contributed by atoms with van der Waals surface area (Å²) in [7, 11) is 3.40. The van der Waals surface area contributed by atoms with Crippen LogP contribution in [0.4, 0.5) is 0 Å². The zero-order chi connectivity index (χ0) is 33.6. The normalized spacial score (nSPS) is 17.5. The molecule has 0 bridgehead atoms. The van der Waals surface area contributed by atoms with Crippen LogP contribution in [-0.2, 0) is 29.4 Å². The zero-order valence-corrected chi connectivity index (χ0v) is 28.3. The molecule has 0 aromatic heterocycles. The number of nitrogens with two attached hydrogens (primary N) is 1. The average Bonchev–Trinajstić information content (AvgIpc) is 3.44.